The van der Waals surface area contributed by atoms with Crippen molar-refractivity contribution in [3.8, 4) is 0 Å². The summed E-state index contributed by atoms with van der Waals surface area (Å²) in [4.78, 5) is 25.6. The van der Waals surface area contributed by atoms with Gasteiger partial charge in [-0.25, -0.2) is 4.79 Å². The molecule has 0 aromatic carbocycles. The maximum absolute atomic E-state index is 11.8. The highest BCUT2D eigenvalue weighted by Gasteiger charge is 2.34. The smallest absolute Gasteiger partial charge is 0.330 e. The van der Waals surface area contributed by atoms with E-state index in [9.17, 15) is 14.7 Å². The van der Waals surface area contributed by atoms with E-state index < -0.39 is 23.6 Å². The molecular weight excluding hydrogens is 264 g/mol. The van der Waals surface area contributed by atoms with Crippen molar-refractivity contribution in [2.24, 2.45) is 0 Å². The lowest BCUT2D eigenvalue weighted by Crippen LogP contribution is -2.33. The number of aromatic amines is 1. The minimum Gasteiger partial charge on any atom is -0.392 e. The lowest BCUT2D eigenvalue weighted by atomic mass is 10.1. The largest absolute Gasteiger partial charge is 0.392 e. The van der Waals surface area contributed by atoms with Crippen molar-refractivity contribution in [1.29, 1.82) is 0 Å². The molecular formula is C13H18N2O5. The van der Waals surface area contributed by atoms with Crippen LogP contribution in [-0.4, -0.2) is 38.6 Å². The van der Waals surface area contributed by atoms with Crippen LogP contribution in [0.15, 0.2) is 21.9 Å². The Hall–Kier alpha value is -1.70. The summed E-state index contributed by atoms with van der Waals surface area (Å²) in [6.07, 6.45) is 3.62. The van der Waals surface area contributed by atoms with Gasteiger partial charge in [-0.05, 0) is 12.5 Å². The molecule has 110 valence electrons. The fourth-order valence-corrected chi connectivity index (χ4v) is 2.27. The van der Waals surface area contributed by atoms with Crippen molar-refractivity contribution < 1.29 is 14.9 Å². The summed E-state index contributed by atoms with van der Waals surface area (Å²) in [5.74, 6) is 0. The first-order chi connectivity index (χ1) is 9.56. The molecule has 0 bridgehead atoms. The summed E-state index contributed by atoms with van der Waals surface area (Å²) in [6.45, 7) is 1.69. The standard InChI is InChI=1S/C13H18N2O5/c1-2-10-9(17)6-11(20-10)15-7-8(4-3-5-16)12(18)14-13(15)19/h3-4,7,9-11,16-17H,2,5-6H2,1H3,(H,14,18,19)/b4-3+. The third kappa shape index (κ3) is 2.90. The zero-order valence-corrected chi connectivity index (χ0v) is 11.2. The molecule has 3 unspecified atom stereocenters. The molecule has 3 N–H and O–H groups in total. The van der Waals surface area contributed by atoms with Crippen LogP contribution in [0.3, 0.4) is 0 Å². The summed E-state index contributed by atoms with van der Waals surface area (Å²) in [7, 11) is 0. The average molecular weight is 282 g/mol. The van der Waals surface area contributed by atoms with Gasteiger partial charge in [-0.15, -0.1) is 0 Å². The molecule has 1 fully saturated rings. The van der Waals surface area contributed by atoms with Crippen LogP contribution < -0.4 is 11.2 Å². The molecule has 1 aromatic rings. The zero-order chi connectivity index (χ0) is 14.7. The van der Waals surface area contributed by atoms with Crippen molar-refractivity contribution in [1.82, 2.24) is 9.55 Å². The SMILES string of the molecule is CCC1OC(n2cc(/C=C/CO)c(=O)[nH]c2=O)CC1O. The molecule has 1 aliphatic rings. The molecule has 20 heavy (non-hydrogen) atoms. The number of hydrogen-bond acceptors (Lipinski definition) is 5. The predicted octanol–water partition coefficient (Wildman–Crippen LogP) is -0.400. The maximum atomic E-state index is 11.8. The van der Waals surface area contributed by atoms with E-state index >= 15 is 0 Å². The fraction of sp³-hybridized carbons (Fsp3) is 0.538. The van der Waals surface area contributed by atoms with Crippen LogP contribution in [0.2, 0.25) is 0 Å². The molecule has 0 aliphatic carbocycles. The number of nitrogens with one attached hydrogen (secondary N) is 1. The third-order valence-electron chi connectivity index (χ3n) is 3.31. The Kier molecular flexibility index (Phi) is 4.53. The number of aliphatic hydroxyl groups excluding tert-OH is 2. The average Bonchev–Trinajstić information content (AvgIpc) is 2.79. The van der Waals surface area contributed by atoms with E-state index in [4.69, 9.17) is 9.84 Å². The van der Waals surface area contributed by atoms with E-state index in [1.807, 2.05) is 6.92 Å². The Balaban J connectivity index is 2.35. The van der Waals surface area contributed by atoms with Crippen molar-refractivity contribution in [3.63, 3.8) is 0 Å². The molecule has 1 saturated heterocycles. The molecule has 3 atom stereocenters. The molecule has 0 radical (unpaired) electrons. The fourth-order valence-electron chi connectivity index (χ4n) is 2.27. The van der Waals surface area contributed by atoms with E-state index in [2.05, 4.69) is 4.98 Å². The van der Waals surface area contributed by atoms with Crippen molar-refractivity contribution in [2.75, 3.05) is 6.61 Å². The topological polar surface area (TPSA) is 105 Å². The number of rotatable bonds is 4. The van der Waals surface area contributed by atoms with Crippen LogP contribution in [0.5, 0.6) is 0 Å². The Labute approximate surface area is 115 Å². The lowest BCUT2D eigenvalue weighted by Gasteiger charge is -2.15. The molecule has 0 amide bonds. The minimum absolute atomic E-state index is 0.199. The van der Waals surface area contributed by atoms with Crippen LogP contribution >= 0.6 is 0 Å². The minimum atomic E-state index is -0.625. The van der Waals surface area contributed by atoms with Gasteiger partial charge in [0.15, 0.2) is 0 Å². The Morgan fingerprint density at radius 2 is 2.30 bits per heavy atom. The van der Waals surface area contributed by atoms with Crippen LogP contribution in [-0.2, 0) is 4.74 Å². The van der Waals surface area contributed by atoms with Gasteiger partial charge in [0.05, 0.1) is 24.4 Å². The van der Waals surface area contributed by atoms with Gasteiger partial charge < -0.3 is 14.9 Å². The molecule has 1 aliphatic heterocycles. The van der Waals surface area contributed by atoms with Crippen LogP contribution in [0.4, 0.5) is 0 Å². The molecule has 0 saturated carbocycles. The van der Waals surface area contributed by atoms with Crippen LogP contribution in [0.25, 0.3) is 6.08 Å². The second-order valence-corrected chi connectivity index (χ2v) is 4.68. The summed E-state index contributed by atoms with van der Waals surface area (Å²) in [5.41, 5.74) is -0.858. The number of hydrogen-bond donors (Lipinski definition) is 3. The Morgan fingerprint density at radius 3 is 2.90 bits per heavy atom. The van der Waals surface area contributed by atoms with Crippen molar-refractivity contribution in [2.45, 2.75) is 38.2 Å². The zero-order valence-electron chi connectivity index (χ0n) is 11.2. The van der Waals surface area contributed by atoms with E-state index in [0.29, 0.717) is 12.8 Å². The van der Waals surface area contributed by atoms with Crippen LogP contribution in [0.1, 0.15) is 31.6 Å². The second-order valence-electron chi connectivity index (χ2n) is 4.68. The molecule has 7 nitrogen and oxygen atoms in total. The van der Waals surface area contributed by atoms with E-state index in [1.54, 1.807) is 0 Å². The summed E-state index contributed by atoms with van der Waals surface area (Å²) >= 11 is 0. The highest BCUT2D eigenvalue weighted by atomic mass is 16.5. The normalized spacial score (nSPS) is 26.4. The van der Waals surface area contributed by atoms with Gasteiger partial charge in [0.25, 0.3) is 5.56 Å². The second kappa shape index (κ2) is 6.17. The number of ether oxygens (including phenoxy) is 1. The van der Waals surface area contributed by atoms with Gasteiger partial charge in [-0.1, -0.05) is 13.0 Å². The lowest BCUT2D eigenvalue weighted by molar-refractivity contribution is -0.0217. The molecule has 2 rings (SSSR count). The molecule has 1 aromatic heterocycles. The first-order valence-corrected chi connectivity index (χ1v) is 6.53. The van der Waals surface area contributed by atoms with Gasteiger partial charge in [0, 0.05) is 12.6 Å². The maximum Gasteiger partial charge on any atom is 0.330 e. The number of aromatic nitrogens is 2. The monoisotopic (exact) mass is 282 g/mol. The quantitative estimate of drug-likeness (QED) is 0.697. The predicted molar refractivity (Wildman–Crippen MR) is 72.3 cm³/mol. The highest BCUT2D eigenvalue weighted by Crippen LogP contribution is 2.29. The van der Waals surface area contributed by atoms with Gasteiger partial charge in [-0.3, -0.25) is 14.3 Å². The number of aliphatic hydroxyl groups is 2. The first kappa shape index (κ1) is 14.7. The Bertz CT molecular complexity index is 604. The number of H-pyrrole nitrogens is 1. The Morgan fingerprint density at radius 1 is 1.55 bits per heavy atom. The van der Waals surface area contributed by atoms with Crippen molar-refractivity contribution >= 4 is 6.08 Å². The van der Waals surface area contributed by atoms with Gasteiger partial charge in [-0.2, -0.15) is 0 Å². The van der Waals surface area contributed by atoms with E-state index in [1.165, 1.54) is 22.9 Å². The molecule has 7 heteroatoms. The van der Waals surface area contributed by atoms with Gasteiger partial charge in [0.2, 0.25) is 0 Å². The van der Waals surface area contributed by atoms with Crippen molar-refractivity contribution in [3.05, 3.63) is 38.7 Å². The summed E-state index contributed by atoms with van der Waals surface area (Å²) in [6, 6.07) is 0. The van der Waals surface area contributed by atoms with Gasteiger partial charge in [0.1, 0.15) is 6.23 Å². The first-order valence-electron chi connectivity index (χ1n) is 6.53. The van der Waals surface area contributed by atoms with E-state index in [0.717, 1.165) is 0 Å². The van der Waals surface area contributed by atoms with Crippen LogP contribution in [0, 0.1) is 0 Å². The molecule has 0 spiro atoms. The summed E-state index contributed by atoms with van der Waals surface area (Å²) in [5, 5.41) is 18.5. The van der Waals surface area contributed by atoms with E-state index in [-0.39, 0.29) is 18.3 Å². The number of nitrogens with zero attached hydrogens (tertiary/aromatic N) is 1. The molecule has 2 heterocycles. The summed E-state index contributed by atoms with van der Waals surface area (Å²) < 4.78 is 6.87. The third-order valence-corrected chi connectivity index (χ3v) is 3.31. The highest BCUT2D eigenvalue weighted by molar-refractivity contribution is 5.46. The van der Waals surface area contributed by atoms with Gasteiger partial charge >= 0.3 is 5.69 Å².